The third-order valence-corrected chi connectivity index (χ3v) is 4.82. The van der Waals surface area contributed by atoms with Gasteiger partial charge >= 0.3 is 0 Å². The topological polar surface area (TPSA) is 49.4 Å². The summed E-state index contributed by atoms with van der Waals surface area (Å²) >= 11 is 0. The molecule has 23 heavy (non-hydrogen) atoms. The minimum Gasteiger partial charge on any atom is -0.375 e. The molecule has 2 aromatic rings. The van der Waals surface area contributed by atoms with Gasteiger partial charge in [-0.05, 0) is 36.8 Å². The number of nitrogens with zero attached hydrogens (tertiary/aromatic N) is 1. The first-order valence-electron chi connectivity index (χ1n) is 7.11. The number of rotatable bonds is 7. The lowest BCUT2D eigenvalue weighted by Gasteiger charge is -2.19. The van der Waals surface area contributed by atoms with Gasteiger partial charge in [-0.15, -0.1) is 0 Å². The zero-order valence-corrected chi connectivity index (χ0v) is 13.5. The van der Waals surface area contributed by atoms with Crippen molar-refractivity contribution in [3.63, 3.8) is 0 Å². The molecule has 0 saturated carbocycles. The van der Waals surface area contributed by atoms with Crippen molar-refractivity contribution in [2.45, 2.75) is 11.3 Å². The summed E-state index contributed by atoms with van der Waals surface area (Å²) in [6.07, 6.45) is 0.578. The lowest BCUT2D eigenvalue weighted by molar-refractivity contribution is 0.504. The number of halogens is 2. The highest BCUT2D eigenvalue weighted by Crippen LogP contribution is 2.14. The van der Waals surface area contributed by atoms with E-state index in [1.165, 1.54) is 0 Å². The molecule has 0 heterocycles. The summed E-state index contributed by atoms with van der Waals surface area (Å²) in [5.41, 5.74) is 1.04. The molecule has 2 aromatic carbocycles. The van der Waals surface area contributed by atoms with Crippen LogP contribution in [0.2, 0.25) is 0 Å². The predicted octanol–water partition coefficient (Wildman–Crippen LogP) is 2.77. The molecule has 0 radical (unpaired) electrons. The number of para-hydroxylation sites is 1. The van der Waals surface area contributed by atoms with Crippen molar-refractivity contribution in [3.8, 4) is 0 Å². The Balaban J connectivity index is 1.86. The Morgan fingerprint density at radius 2 is 1.74 bits per heavy atom. The molecule has 0 aromatic heterocycles. The van der Waals surface area contributed by atoms with E-state index in [4.69, 9.17) is 0 Å². The molecule has 0 fully saturated rings. The van der Waals surface area contributed by atoms with Crippen LogP contribution in [0.4, 0.5) is 14.5 Å². The third-order valence-electron chi connectivity index (χ3n) is 3.36. The quantitative estimate of drug-likeness (QED) is 0.789. The van der Waals surface area contributed by atoms with E-state index in [0.717, 1.165) is 17.8 Å². The molecule has 0 bridgehead atoms. The van der Waals surface area contributed by atoms with Crippen molar-refractivity contribution in [1.29, 1.82) is 0 Å². The normalized spacial score (nSPS) is 11.4. The summed E-state index contributed by atoms with van der Waals surface area (Å²) in [5, 5.41) is 0. The van der Waals surface area contributed by atoms with Crippen LogP contribution in [0.3, 0.4) is 0 Å². The van der Waals surface area contributed by atoms with Crippen LogP contribution in [-0.4, -0.2) is 28.6 Å². The smallest absolute Gasteiger partial charge is 0.240 e. The van der Waals surface area contributed by atoms with Gasteiger partial charge in [0.05, 0.1) is 4.90 Å². The minimum absolute atomic E-state index is 0.207. The Kier molecular flexibility index (Phi) is 5.68. The van der Waals surface area contributed by atoms with Gasteiger partial charge in [-0.3, -0.25) is 0 Å². The van der Waals surface area contributed by atoms with Crippen LogP contribution in [0.5, 0.6) is 0 Å². The Labute approximate surface area is 134 Å². The molecule has 0 saturated heterocycles. The van der Waals surface area contributed by atoms with Crippen molar-refractivity contribution in [2.24, 2.45) is 0 Å². The number of nitrogens with one attached hydrogen (secondary N) is 1. The van der Waals surface area contributed by atoms with Crippen LogP contribution in [-0.2, 0) is 10.0 Å². The highest BCUT2D eigenvalue weighted by Gasteiger charge is 2.15. The number of hydrogen-bond acceptors (Lipinski definition) is 3. The van der Waals surface area contributed by atoms with Gasteiger partial charge < -0.3 is 4.90 Å². The highest BCUT2D eigenvalue weighted by molar-refractivity contribution is 7.89. The summed E-state index contributed by atoms with van der Waals surface area (Å²) in [5.74, 6) is -2.26. The van der Waals surface area contributed by atoms with E-state index < -0.39 is 21.7 Å². The molecular weight excluding hydrogens is 322 g/mol. The fourth-order valence-electron chi connectivity index (χ4n) is 2.06. The van der Waals surface area contributed by atoms with E-state index in [2.05, 4.69) is 4.72 Å². The molecule has 4 nitrogen and oxygen atoms in total. The van der Waals surface area contributed by atoms with E-state index in [-0.39, 0.29) is 11.4 Å². The summed E-state index contributed by atoms with van der Waals surface area (Å²) in [6.45, 7) is 0.864. The molecule has 0 unspecified atom stereocenters. The van der Waals surface area contributed by atoms with Crippen molar-refractivity contribution in [2.75, 3.05) is 25.0 Å². The Hall–Kier alpha value is -1.99. The highest BCUT2D eigenvalue weighted by atomic mass is 32.2. The first-order chi connectivity index (χ1) is 10.9. The van der Waals surface area contributed by atoms with Crippen LogP contribution in [0.25, 0.3) is 0 Å². The fraction of sp³-hybridized carbons (Fsp3) is 0.250. The maximum absolute atomic E-state index is 13.1. The molecule has 0 aliphatic heterocycles. The SMILES string of the molecule is CN(CCCNS(=O)(=O)c1ccc(F)c(F)c1)c1ccccc1. The second-order valence-corrected chi connectivity index (χ2v) is 6.85. The van der Waals surface area contributed by atoms with Gasteiger partial charge in [0.15, 0.2) is 11.6 Å². The van der Waals surface area contributed by atoms with Crippen LogP contribution < -0.4 is 9.62 Å². The molecule has 0 aliphatic rings. The summed E-state index contributed by atoms with van der Waals surface area (Å²) in [4.78, 5) is 1.72. The molecule has 0 amide bonds. The van der Waals surface area contributed by atoms with Gasteiger partial charge in [0, 0.05) is 25.8 Å². The molecule has 0 spiro atoms. The zero-order valence-electron chi connectivity index (χ0n) is 12.7. The second kappa shape index (κ2) is 7.52. The summed E-state index contributed by atoms with van der Waals surface area (Å²) < 4.78 is 52.3. The van der Waals surface area contributed by atoms with E-state index in [9.17, 15) is 17.2 Å². The maximum atomic E-state index is 13.1. The average Bonchev–Trinajstić information content (AvgIpc) is 2.54. The van der Waals surface area contributed by atoms with Crippen molar-refractivity contribution >= 4 is 15.7 Å². The Morgan fingerprint density at radius 1 is 1.04 bits per heavy atom. The van der Waals surface area contributed by atoms with E-state index in [0.29, 0.717) is 19.0 Å². The van der Waals surface area contributed by atoms with Crippen LogP contribution in [0.15, 0.2) is 53.4 Å². The third kappa shape index (κ3) is 4.74. The van der Waals surface area contributed by atoms with Crippen molar-refractivity contribution in [1.82, 2.24) is 4.72 Å². The maximum Gasteiger partial charge on any atom is 0.240 e. The van der Waals surface area contributed by atoms with E-state index in [1.54, 1.807) is 0 Å². The van der Waals surface area contributed by atoms with E-state index >= 15 is 0 Å². The lowest BCUT2D eigenvalue weighted by atomic mass is 10.3. The van der Waals surface area contributed by atoms with Crippen molar-refractivity contribution in [3.05, 3.63) is 60.2 Å². The Bertz CT molecular complexity index is 752. The van der Waals surface area contributed by atoms with Crippen molar-refractivity contribution < 1.29 is 17.2 Å². The first-order valence-corrected chi connectivity index (χ1v) is 8.59. The van der Waals surface area contributed by atoms with E-state index in [1.807, 2.05) is 42.3 Å². The molecule has 1 N–H and O–H groups in total. The molecule has 7 heteroatoms. The molecular formula is C16H18F2N2O2S. The largest absolute Gasteiger partial charge is 0.375 e. The summed E-state index contributed by atoms with van der Waals surface area (Å²) in [6, 6.07) is 12.2. The monoisotopic (exact) mass is 340 g/mol. The van der Waals surface area contributed by atoms with Crippen LogP contribution in [0, 0.1) is 11.6 Å². The van der Waals surface area contributed by atoms with Gasteiger partial charge in [-0.25, -0.2) is 21.9 Å². The number of hydrogen-bond donors (Lipinski definition) is 1. The standard InChI is InChI=1S/C16H18F2N2O2S/c1-20(13-6-3-2-4-7-13)11-5-10-19-23(21,22)14-8-9-15(17)16(18)12-14/h2-4,6-9,12,19H,5,10-11H2,1H3. The molecule has 0 atom stereocenters. The molecule has 124 valence electrons. The van der Waals surface area contributed by atoms with Crippen LogP contribution >= 0.6 is 0 Å². The second-order valence-electron chi connectivity index (χ2n) is 5.08. The molecule has 0 aliphatic carbocycles. The lowest BCUT2D eigenvalue weighted by Crippen LogP contribution is -2.28. The number of sulfonamides is 1. The summed E-state index contributed by atoms with van der Waals surface area (Å²) in [7, 11) is -1.92. The number of anilines is 1. The van der Waals surface area contributed by atoms with Crippen LogP contribution in [0.1, 0.15) is 6.42 Å². The Morgan fingerprint density at radius 3 is 2.39 bits per heavy atom. The number of benzene rings is 2. The predicted molar refractivity (Wildman–Crippen MR) is 85.9 cm³/mol. The average molecular weight is 340 g/mol. The van der Waals surface area contributed by atoms with Gasteiger partial charge in [0.1, 0.15) is 0 Å². The van der Waals surface area contributed by atoms with Gasteiger partial charge in [-0.1, -0.05) is 18.2 Å². The zero-order chi connectivity index (χ0) is 16.9. The van der Waals surface area contributed by atoms with Gasteiger partial charge in [0.25, 0.3) is 0 Å². The van der Waals surface area contributed by atoms with Gasteiger partial charge in [0.2, 0.25) is 10.0 Å². The van der Waals surface area contributed by atoms with Gasteiger partial charge in [-0.2, -0.15) is 0 Å². The first kappa shape index (κ1) is 17.4. The fourth-order valence-corrected chi connectivity index (χ4v) is 3.15. The molecule has 2 rings (SSSR count). The minimum atomic E-state index is -3.84.